The van der Waals surface area contributed by atoms with Crippen molar-refractivity contribution in [3.63, 3.8) is 0 Å². The summed E-state index contributed by atoms with van der Waals surface area (Å²) in [5.41, 5.74) is 2.54. The molecule has 1 unspecified atom stereocenters. The maximum atomic E-state index is 12.4. The molecule has 2 N–H and O–H groups in total. The third-order valence-corrected chi connectivity index (χ3v) is 6.07. The van der Waals surface area contributed by atoms with Crippen LogP contribution in [-0.2, 0) is 16.0 Å². The zero-order valence-corrected chi connectivity index (χ0v) is 21.8. The lowest BCUT2D eigenvalue weighted by Gasteiger charge is -2.22. The van der Waals surface area contributed by atoms with Crippen LogP contribution < -0.4 is 10.6 Å². The normalized spacial score (nSPS) is 12.7. The molecule has 0 fully saturated rings. The summed E-state index contributed by atoms with van der Waals surface area (Å²) >= 11 is 11.8. The number of nitrogens with one attached hydrogen (secondary N) is 2. The van der Waals surface area contributed by atoms with Crippen LogP contribution in [0.4, 0.5) is 0 Å². The van der Waals surface area contributed by atoms with Crippen molar-refractivity contribution in [3.05, 3.63) is 35.4 Å². The van der Waals surface area contributed by atoms with Gasteiger partial charge < -0.3 is 10.6 Å². The molecule has 0 saturated carbocycles. The number of aryl methyl sites for hydroxylation is 1. The molecule has 182 valence electrons. The van der Waals surface area contributed by atoms with Crippen LogP contribution in [0.1, 0.15) is 89.7 Å². The topological polar surface area (TPSA) is 58.2 Å². The first-order valence-electron chi connectivity index (χ1n) is 12.0. The first kappa shape index (κ1) is 28.9. The van der Waals surface area contributed by atoms with Gasteiger partial charge in [0, 0.05) is 30.1 Å². The summed E-state index contributed by atoms with van der Waals surface area (Å²) in [5, 5.41) is 6.39. The molecule has 0 spiro atoms. The number of rotatable bonds is 16. The molecule has 0 aromatic heterocycles. The maximum absolute atomic E-state index is 12.4. The summed E-state index contributed by atoms with van der Waals surface area (Å²) in [6.45, 7) is 9.04. The summed E-state index contributed by atoms with van der Waals surface area (Å²) < 4.78 is 0. The van der Waals surface area contributed by atoms with E-state index < -0.39 is 0 Å². The number of Topliss-reactive ketones (excluding diaryl/α,β-unsaturated/α-hetero) is 1. The molecule has 0 radical (unpaired) electrons. The fraction of sp³-hybridized carbons (Fsp3) is 0.692. The molecule has 1 aromatic carbocycles. The summed E-state index contributed by atoms with van der Waals surface area (Å²) in [4.78, 5) is 24.7. The number of halogens is 2. The van der Waals surface area contributed by atoms with Crippen molar-refractivity contribution in [2.75, 3.05) is 18.3 Å². The molecule has 32 heavy (non-hydrogen) atoms. The van der Waals surface area contributed by atoms with E-state index in [1.165, 1.54) is 11.1 Å². The molecular formula is C26H42Cl2N2O2. The summed E-state index contributed by atoms with van der Waals surface area (Å²) in [7, 11) is 0. The Labute approximate surface area is 205 Å². The fourth-order valence-electron chi connectivity index (χ4n) is 3.75. The van der Waals surface area contributed by atoms with Crippen LogP contribution in [-0.4, -0.2) is 41.6 Å². The van der Waals surface area contributed by atoms with Crippen molar-refractivity contribution in [3.8, 4) is 0 Å². The van der Waals surface area contributed by atoms with Gasteiger partial charge in [-0.3, -0.25) is 9.59 Å². The van der Waals surface area contributed by atoms with Gasteiger partial charge in [0.05, 0.1) is 6.04 Å². The SMILES string of the molecule is CCC(=O)C(CCCNC(C)(C)C)NC(=O)CCCc1ccc(C(CCCl)CCCl)cc1. The molecule has 0 aliphatic carbocycles. The molecular weight excluding hydrogens is 443 g/mol. The molecule has 4 nitrogen and oxygen atoms in total. The zero-order valence-electron chi connectivity index (χ0n) is 20.3. The van der Waals surface area contributed by atoms with Gasteiger partial charge in [-0.2, -0.15) is 0 Å². The van der Waals surface area contributed by atoms with Gasteiger partial charge in [0.15, 0.2) is 5.78 Å². The second-order valence-electron chi connectivity index (χ2n) is 9.51. The minimum Gasteiger partial charge on any atom is -0.346 e. The van der Waals surface area contributed by atoms with Gasteiger partial charge in [0.2, 0.25) is 5.91 Å². The Morgan fingerprint density at radius 3 is 2.12 bits per heavy atom. The molecule has 0 heterocycles. The second kappa shape index (κ2) is 15.7. The molecule has 1 atom stereocenters. The number of hydrogen-bond donors (Lipinski definition) is 2. The third-order valence-electron chi connectivity index (χ3n) is 5.63. The summed E-state index contributed by atoms with van der Waals surface area (Å²) in [5.74, 6) is 1.73. The highest BCUT2D eigenvalue weighted by atomic mass is 35.5. The average molecular weight is 486 g/mol. The molecule has 1 aromatic rings. The largest absolute Gasteiger partial charge is 0.346 e. The molecule has 0 saturated heterocycles. The number of carbonyl (C=O) groups excluding carboxylic acids is 2. The van der Waals surface area contributed by atoms with Crippen LogP contribution >= 0.6 is 23.2 Å². The van der Waals surface area contributed by atoms with Gasteiger partial charge in [0.25, 0.3) is 0 Å². The Bertz CT molecular complexity index is 665. The number of carbonyl (C=O) groups is 2. The third kappa shape index (κ3) is 12.2. The van der Waals surface area contributed by atoms with Crippen LogP contribution in [0.15, 0.2) is 24.3 Å². The number of benzene rings is 1. The predicted octanol–water partition coefficient (Wildman–Crippen LogP) is 5.98. The van der Waals surface area contributed by atoms with E-state index in [0.29, 0.717) is 36.9 Å². The van der Waals surface area contributed by atoms with Crippen LogP contribution in [0.2, 0.25) is 0 Å². The van der Waals surface area contributed by atoms with Crippen molar-refractivity contribution in [1.82, 2.24) is 10.6 Å². The van der Waals surface area contributed by atoms with Gasteiger partial charge in [-0.05, 0) is 82.9 Å². The minimum atomic E-state index is -0.380. The highest BCUT2D eigenvalue weighted by Gasteiger charge is 2.19. The van der Waals surface area contributed by atoms with Gasteiger partial charge in [0.1, 0.15) is 0 Å². The van der Waals surface area contributed by atoms with Gasteiger partial charge in [-0.1, -0.05) is 31.2 Å². The quantitative estimate of drug-likeness (QED) is 0.224. The molecule has 0 aliphatic rings. The number of ketones is 1. The maximum Gasteiger partial charge on any atom is 0.220 e. The lowest BCUT2D eigenvalue weighted by Crippen LogP contribution is -2.42. The van der Waals surface area contributed by atoms with Gasteiger partial charge in [-0.15, -0.1) is 23.2 Å². The minimum absolute atomic E-state index is 0.0403. The van der Waals surface area contributed by atoms with Gasteiger partial charge in [-0.25, -0.2) is 0 Å². The summed E-state index contributed by atoms with van der Waals surface area (Å²) in [6, 6.07) is 8.19. The van der Waals surface area contributed by atoms with E-state index in [2.05, 4.69) is 55.7 Å². The molecule has 0 bridgehead atoms. The Hall–Kier alpha value is -1.10. The second-order valence-corrected chi connectivity index (χ2v) is 10.3. The van der Waals surface area contributed by atoms with Crippen LogP contribution in [0.5, 0.6) is 0 Å². The lowest BCUT2D eigenvalue weighted by atomic mass is 9.92. The monoisotopic (exact) mass is 484 g/mol. The standard InChI is InChI=1S/C26H42Cl2N2O2/c1-5-24(31)23(9-7-19-29-26(2,3)4)30-25(32)10-6-8-20-11-13-21(14-12-20)22(15-17-27)16-18-28/h11-14,22-23,29H,5-10,15-19H2,1-4H3,(H,30,32). The fourth-order valence-corrected chi connectivity index (χ4v) is 4.27. The Kier molecular flexibility index (Phi) is 14.2. The zero-order chi connectivity index (χ0) is 24.0. The first-order valence-corrected chi connectivity index (χ1v) is 13.0. The molecule has 0 aliphatic heterocycles. The van der Waals surface area contributed by atoms with Crippen LogP contribution in [0, 0.1) is 0 Å². The smallest absolute Gasteiger partial charge is 0.220 e. The predicted molar refractivity (Wildman–Crippen MR) is 137 cm³/mol. The van der Waals surface area contributed by atoms with E-state index in [1.807, 2.05) is 6.92 Å². The van der Waals surface area contributed by atoms with E-state index in [0.717, 1.165) is 38.6 Å². The Balaban J connectivity index is 2.46. The van der Waals surface area contributed by atoms with Crippen molar-refractivity contribution >= 4 is 34.9 Å². The van der Waals surface area contributed by atoms with Crippen molar-refractivity contribution < 1.29 is 9.59 Å². The summed E-state index contributed by atoms with van der Waals surface area (Å²) in [6.07, 6.45) is 5.86. The number of hydrogen-bond acceptors (Lipinski definition) is 3. The number of amides is 1. The van der Waals surface area contributed by atoms with Gasteiger partial charge >= 0.3 is 0 Å². The molecule has 6 heteroatoms. The Morgan fingerprint density at radius 1 is 0.969 bits per heavy atom. The molecule has 1 rings (SSSR count). The van der Waals surface area contributed by atoms with Crippen LogP contribution in [0.3, 0.4) is 0 Å². The molecule has 1 amide bonds. The van der Waals surface area contributed by atoms with Crippen LogP contribution in [0.25, 0.3) is 0 Å². The highest BCUT2D eigenvalue weighted by Crippen LogP contribution is 2.25. The number of alkyl halides is 2. The average Bonchev–Trinajstić information content (AvgIpc) is 2.75. The van der Waals surface area contributed by atoms with Crippen molar-refractivity contribution in [2.45, 2.75) is 96.6 Å². The van der Waals surface area contributed by atoms with E-state index >= 15 is 0 Å². The van der Waals surface area contributed by atoms with Crippen molar-refractivity contribution in [2.24, 2.45) is 0 Å². The van der Waals surface area contributed by atoms with E-state index in [4.69, 9.17) is 23.2 Å². The van der Waals surface area contributed by atoms with E-state index in [1.54, 1.807) is 0 Å². The highest BCUT2D eigenvalue weighted by molar-refractivity contribution is 6.18. The lowest BCUT2D eigenvalue weighted by molar-refractivity contribution is -0.127. The first-order chi connectivity index (χ1) is 15.2. The van der Waals surface area contributed by atoms with Crippen molar-refractivity contribution in [1.29, 1.82) is 0 Å². The van der Waals surface area contributed by atoms with E-state index in [-0.39, 0.29) is 23.3 Å². The van der Waals surface area contributed by atoms with E-state index in [9.17, 15) is 9.59 Å². The Morgan fingerprint density at radius 2 is 1.59 bits per heavy atom.